The summed E-state index contributed by atoms with van der Waals surface area (Å²) < 4.78 is 5.04. The van der Waals surface area contributed by atoms with Gasteiger partial charge in [-0.05, 0) is 25.1 Å². The van der Waals surface area contributed by atoms with Crippen LogP contribution in [0.15, 0.2) is 60.0 Å². The number of hydrogen-bond acceptors (Lipinski definition) is 6. The Kier molecular flexibility index (Phi) is 6.70. The van der Waals surface area contributed by atoms with E-state index in [0.29, 0.717) is 22.8 Å². The average molecular weight is 409 g/mol. The molecule has 3 aromatic rings. The van der Waals surface area contributed by atoms with Gasteiger partial charge in [0.2, 0.25) is 0 Å². The molecule has 0 bridgehead atoms. The number of thiazole rings is 1. The number of nitrogens with one attached hydrogen (secondary N) is 2. The lowest BCUT2D eigenvalue weighted by atomic mass is 10.2. The highest BCUT2D eigenvalue weighted by Crippen LogP contribution is 2.23. The Morgan fingerprint density at radius 1 is 1.07 bits per heavy atom. The summed E-state index contributed by atoms with van der Waals surface area (Å²) in [6, 6.07) is 16.0. The minimum Gasteiger partial charge on any atom is -0.451 e. The van der Waals surface area contributed by atoms with Gasteiger partial charge in [-0.15, -0.1) is 11.3 Å². The summed E-state index contributed by atoms with van der Waals surface area (Å²) in [6.07, 6.45) is 0. The molecule has 7 nitrogen and oxygen atoms in total. The Bertz CT molecular complexity index is 1020. The van der Waals surface area contributed by atoms with Crippen LogP contribution in [0.3, 0.4) is 0 Å². The van der Waals surface area contributed by atoms with Crippen LogP contribution in [0.25, 0.3) is 10.6 Å². The van der Waals surface area contributed by atoms with Crippen LogP contribution in [0.2, 0.25) is 0 Å². The third kappa shape index (κ3) is 5.49. The van der Waals surface area contributed by atoms with Crippen LogP contribution in [0.1, 0.15) is 27.8 Å². The largest absolute Gasteiger partial charge is 0.451 e. The van der Waals surface area contributed by atoms with Gasteiger partial charge in [-0.3, -0.25) is 9.59 Å². The topological polar surface area (TPSA) is 97.4 Å². The lowest BCUT2D eigenvalue weighted by molar-refractivity contribution is -0.119. The maximum absolute atomic E-state index is 12.2. The smallest absolute Gasteiger partial charge is 0.358 e. The first-order valence-electron chi connectivity index (χ1n) is 8.93. The fraction of sp³-hybridized carbons (Fsp3) is 0.143. The molecule has 0 saturated carbocycles. The van der Waals surface area contributed by atoms with Crippen LogP contribution in [-0.4, -0.2) is 35.9 Å². The van der Waals surface area contributed by atoms with Gasteiger partial charge < -0.3 is 15.4 Å². The van der Waals surface area contributed by atoms with Gasteiger partial charge in [0, 0.05) is 28.7 Å². The zero-order valence-corrected chi connectivity index (χ0v) is 16.5. The van der Waals surface area contributed by atoms with Crippen LogP contribution >= 0.6 is 11.3 Å². The quantitative estimate of drug-likeness (QED) is 0.583. The number of hydrogen-bond donors (Lipinski definition) is 2. The molecule has 0 aliphatic rings. The number of carbonyl (C=O) groups excluding carboxylic acids is 3. The van der Waals surface area contributed by atoms with E-state index in [1.54, 1.807) is 29.6 Å². The van der Waals surface area contributed by atoms with Crippen molar-refractivity contribution in [2.45, 2.75) is 6.92 Å². The minimum atomic E-state index is -0.672. The molecule has 2 N–H and O–H groups in total. The molecule has 0 aliphatic heterocycles. The Hall–Kier alpha value is -3.52. The molecule has 0 fully saturated rings. The molecule has 148 valence electrons. The summed E-state index contributed by atoms with van der Waals surface area (Å²) in [5.74, 6) is -1.41. The third-order valence-electron chi connectivity index (χ3n) is 3.81. The van der Waals surface area contributed by atoms with Crippen LogP contribution in [0.5, 0.6) is 0 Å². The molecule has 0 atom stereocenters. The molecule has 0 aliphatic carbocycles. The average Bonchev–Trinajstić information content (AvgIpc) is 3.23. The van der Waals surface area contributed by atoms with Crippen molar-refractivity contribution in [2.24, 2.45) is 0 Å². The zero-order valence-electron chi connectivity index (χ0n) is 15.7. The van der Waals surface area contributed by atoms with E-state index in [1.165, 1.54) is 11.3 Å². The van der Waals surface area contributed by atoms with E-state index in [9.17, 15) is 14.4 Å². The van der Waals surface area contributed by atoms with Crippen LogP contribution in [0, 0.1) is 0 Å². The first-order valence-corrected chi connectivity index (χ1v) is 9.81. The maximum Gasteiger partial charge on any atom is 0.358 e. The first kappa shape index (κ1) is 20.2. The fourth-order valence-corrected chi connectivity index (χ4v) is 3.28. The summed E-state index contributed by atoms with van der Waals surface area (Å²) in [5, 5.41) is 7.58. The minimum absolute atomic E-state index is 0.153. The maximum atomic E-state index is 12.2. The van der Waals surface area contributed by atoms with Crippen molar-refractivity contribution in [3.63, 3.8) is 0 Å². The molecular formula is C21H19N3O4S. The molecule has 8 heteroatoms. The number of aromatic nitrogens is 1. The van der Waals surface area contributed by atoms with Crippen molar-refractivity contribution in [3.8, 4) is 10.6 Å². The summed E-state index contributed by atoms with van der Waals surface area (Å²) in [4.78, 5) is 40.3. The van der Waals surface area contributed by atoms with Crippen molar-refractivity contribution in [1.82, 2.24) is 10.3 Å². The van der Waals surface area contributed by atoms with Gasteiger partial charge in [-0.1, -0.05) is 36.4 Å². The summed E-state index contributed by atoms with van der Waals surface area (Å²) >= 11 is 1.33. The number of anilines is 1. The number of benzene rings is 2. The normalized spacial score (nSPS) is 10.2. The standard InChI is InChI=1S/C21H19N3O4S/c1-2-22-19(26)15-9-6-10-16(11-15)23-18(25)12-28-21(27)17-13-29-20(24-17)14-7-4-3-5-8-14/h3-11,13H,2,12H2,1H3,(H,22,26)(H,23,25). The van der Waals surface area contributed by atoms with E-state index < -0.39 is 18.5 Å². The number of carbonyl (C=O) groups is 3. The molecule has 0 radical (unpaired) electrons. The Balaban J connectivity index is 1.54. The molecule has 0 spiro atoms. The van der Waals surface area contributed by atoms with Crippen molar-refractivity contribution in [2.75, 3.05) is 18.5 Å². The zero-order chi connectivity index (χ0) is 20.6. The molecule has 0 saturated heterocycles. The second-order valence-electron chi connectivity index (χ2n) is 5.97. The monoisotopic (exact) mass is 409 g/mol. The molecule has 3 rings (SSSR count). The Morgan fingerprint density at radius 3 is 2.62 bits per heavy atom. The van der Waals surface area contributed by atoms with E-state index in [1.807, 2.05) is 37.3 Å². The molecule has 29 heavy (non-hydrogen) atoms. The number of ether oxygens (including phenoxy) is 1. The lowest BCUT2D eigenvalue weighted by Crippen LogP contribution is -2.23. The molecule has 2 amide bonds. The highest BCUT2D eigenvalue weighted by Gasteiger charge is 2.15. The van der Waals surface area contributed by atoms with Gasteiger partial charge in [-0.2, -0.15) is 0 Å². The number of nitrogens with zero attached hydrogens (tertiary/aromatic N) is 1. The van der Waals surface area contributed by atoms with Crippen molar-refractivity contribution in [1.29, 1.82) is 0 Å². The van der Waals surface area contributed by atoms with Crippen molar-refractivity contribution in [3.05, 3.63) is 71.2 Å². The van der Waals surface area contributed by atoms with E-state index in [4.69, 9.17) is 4.74 Å². The number of amides is 2. The number of rotatable bonds is 7. The van der Waals surface area contributed by atoms with E-state index in [-0.39, 0.29) is 11.6 Å². The van der Waals surface area contributed by atoms with E-state index in [0.717, 1.165) is 5.56 Å². The van der Waals surface area contributed by atoms with Crippen molar-refractivity contribution < 1.29 is 19.1 Å². The predicted molar refractivity (Wildman–Crippen MR) is 111 cm³/mol. The van der Waals surface area contributed by atoms with Gasteiger partial charge in [-0.25, -0.2) is 9.78 Å². The van der Waals surface area contributed by atoms with E-state index >= 15 is 0 Å². The summed E-state index contributed by atoms with van der Waals surface area (Å²) in [7, 11) is 0. The highest BCUT2D eigenvalue weighted by atomic mass is 32.1. The SMILES string of the molecule is CCNC(=O)c1cccc(NC(=O)COC(=O)c2csc(-c3ccccc3)n2)c1. The molecule has 1 aromatic heterocycles. The second-order valence-corrected chi connectivity index (χ2v) is 6.83. The second kappa shape index (κ2) is 9.61. The van der Waals surface area contributed by atoms with Crippen LogP contribution < -0.4 is 10.6 Å². The van der Waals surface area contributed by atoms with Crippen LogP contribution in [0.4, 0.5) is 5.69 Å². The van der Waals surface area contributed by atoms with Crippen LogP contribution in [-0.2, 0) is 9.53 Å². The summed E-state index contributed by atoms with van der Waals surface area (Å²) in [6.45, 7) is 1.87. The first-order chi connectivity index (χ1) is 14.1. The molecule has 1 heterocycles. The fourth-order valence-electron chi connectivity index (χ4n) is 2.48. The van der Waals surface area contributed by atoms with Gasteiger partial charge >= 0.3 is 5.97 Å². The van der Waals surface area contributed by atoms with Gasteiger partial charge in [0.15, 0.2) is 12.3 Å². The van der Waals surface area contributed by atoms with Gasteiger partial charge in [0.25, 0.3) is 11.8 Å². The Morgan fingerprint density at radius 2 is 1.86 bits per heavy atom. The summed E-state index contributed by atoms with van der Waals surface area (Å²) in [5.41, 5.74) is 1.92. The van der Waals surface area contributed by atoms with Gasteiger partial charge in [0.1, 0.15) is 5.01 Å². The number of esters is 1. The molecule has 2 aromatic carbocycles. The molecule has 0 unspecified atom stereocenters. The van der Waals surface area contributed by atoms with Gasteiger partial charge in [0.05, 0.1) is 0 Å². The predicted octanol–water partition coefficient (Wildman–Crippen LogP) is 3.36. The highest BCUT2D eigenvalue weighted by molar-refractivity contribution is 7.13. The Labute approximate surface area is 171 Å². The van der Waals surface area contributed by atoms with E-state index in [2.05, 4.69) is 15.6 Å². The lowest BCUT2D eigenvalue weighted by Gasteiger charge is -2.08. The van der Waals surface area contributed by atoms with Crippen molar-refractivity contribution >= 4 is 34.8 Å². The third-order valence-corrected chi connectivity index (χ3v) is 4.71. The molecular weight excluding hydrogens is 390 g/mol.